The van der Waals surface area contributed by atoms with Crippen molar-refractivity contribution in [3.63, 3.8) is 0 Å². The van der Waals surface area contributed by atoms with Crippen LogP contribution in [0.25, 0.3) is 0 Å². The largest absolute Gasteiger partial charge is 0.387 e. The summed E-state index contributed by atoms with van der Waals surface area (Å²) in [6.07, 6.45) is 0.797. The van der Waals surface area contributed by atoms with Crippen molar-refractivity contribution in [2.75, 3.05) is 31.1 Å². The molecular weight excluding hydrogens is 308 g/mol. The minimum absolute atomic E-state index is 0.00976. The van der Waals surface area contributed by atoms with Gasteiger partial charge in [-0.2, -0.15) is 0 Å². The summed E-state index contributed by atoms with van der Waals surface area (Å²) in [4.78, 5) is 12.8. The highest BCUT2D eigenvalue weighted by Gasteiger charge is 2.27. The number of nitrogens with one attached hydrogen (secondary N) is 1. The molecule has 1 N–H and O–H groups in total. The maximum absolute atomic E-state index is 5.67. The van der Waals surface area contributed by atoms with Gasteiger partial charge in [-0.3, -0.25) is 0 Å². The van der Waals surface area contributed by atoms with E-state index in [2.05, 4.69) is 51.9 Å². The quantitative estimate of drug-likeness (QED) is 0.941. The van der Waals surface area contributed by atoms with Gasteiger partial charge in [-0.25, -0.2) is 4.98 Å². The van der Waals surface area contributed by atoms with Crippen LogP contribution in [0.5, 0.6) is 0 Å². The molecule has 2 aliphatic heterocycles. The van der Waals surface area contributed by atoms with Crippen molar-refractivity contribution in [2.24, 2.45) is 5.16 Å². The van der Waals surface area contributed by atoms with E-state index in [1.165, 1.54) is 11.1 Å². The fourth-order valence-electron chi connectivity index (χ4n) is 3.04. The Hall–Kier alpha value is -1.92. The zero-order chi connectivity index (χ0) is 15.6. The van der Waals surface area contributed by atoms with Crippen molar-refractivity contribution in [1.82, 2.24) is 10.3 Å². The fraction of sp³-hybridized carbons (Fsp3) is 0.412. The molecule has 1 aromatic carbocycles. The molecule has 1 aromatic heterocycles. The van der Waals surface area contributed by atoms with Gasteiger partial charge >= 0.3 is 0 Å². The standard InChI is InChI=1S/C17H20N4OS/c1-12-4-2-3-5-13(12)16-10-14(20-22-16)15-11-23-17(19-15)21-8-6-18-7-9-21/h2-5,11,16,18H,6-10H2,1H3. The lowest BCUT2D eigenvalue weighted by molar-refractivity contribution is 0.0853. The van der Waals surface area contributed by atoms with Crippen molar-refractivity contribution >= 4 is 22.2 Å². The lowest BCUT2D eigenvalue weighted by Crippen LogP contribution is -2.43. The lowest BCUT2D eigenvalue weighted by Gasteiger charge is -2.26. The molecule has 1 atom stereocenters. The molecule has 2 aromatic rings. The second-order valence-corrected chi connectivity index (χ2v) is 6.78. The van der Waals surface area contributed by atoms with Gasteiger partial charge in [0.15, 0.2) is 11.2 Å². The molecule has 23 heavy (non-hydrogen) atoms. The van der Waals surface area contributed by atoms with E-state index < -0.39 is 0 Å². The Morgan fingerprint density at radius 3 is 2.91 bits per heavy atom. The first-order chi connectivity index (χ1) is 11.3. The number of benzene rings is 1. The van der Waals surface area contributed by atoms with Crippen LogP contribution in [0.3, 0.4) is 0 Å². The zero-order valence-electron chi connectivity index (χ0n) is 13.2. The topological polar surface area (TPSA) is 49.8 Å². The first kappa shape index (κ1) is 14.7. The summed E-state index contributed by atoms with van der Waals surface area (Å²) < 4.78 is 0. The number of anilines is 1. The van der Waals surface area contributed by atoms with Gasteiger partial charge in [0.05, 0.1) is 0 Å². The highest BCUT2D eigenvalue weighted by molar-refractivity contribution is 7.14. The van der Waals surface area contributed by atoms with E-state index in [0.717, 1.165) is 49.1 Å². The Morgan fingerprint density at radius 2 is 2.09 bits per heavy atom. The maximum atomic E-state index is 5.67. The number of oxime groups is 1. The zero-order valence-corrected chi connectivity index (χ0v) is 14.0. The van der Waals surface area contributed by atoms with E-state index in [9.17, 15) is 0 Å². The van der Waals surface area contributed by atoms with Crippen LogP contribution in [0.2, 0.25) is 0 Å². The Balaban J connectivity index is 1.47. The molecule has 1 unspecified atom stereocenters. The Kier molecular flexibility index (Phi) is 4.01. The number of hydrogen-bond donors (Lipinski definition) is 1. The third-order valence-electron chi connectivity index (χ3n) is 4.38. The smallest absolute Gasteiger partial charge is 0.185 e. The molecule has 0 amide bonds. The molecule has 4 rings (SSSR count). The van der Waals surface area contributed by atoms with Gasteiger partial charge in [0.25, 0.3) is 0 Å². The molecule has 0 aliphatic carbocycles. The summed E-state index contributed by atoms with van der Waals surface area (Å²) >= 11 is 1.69. The summed E-state index contributed by atoms with van der Waals surface area (Å²) in [6.45, 7) is 6.19. The van der Waals surface area contributed by atoms with Gasteiger partial charge in [-0.1, -0.05) is 29.4 Å². The molecule has 6 heteroatoms. The lowest BCUT2D eigenvalue weighted by atomic mass is 9.99. The van der Waals surface area contributed by atoms with E-state index in [0.29, 0.717) is 0 Å². The molecule has 0 radical (unpaired) electrons. The second kappa shape index (κ2) is 6.29. The van der Waals surface area contributed by atoms with Gasteiger partial charge in [0, 0.05) is 38.0 Å². The predicted molar refractivity (Wildman–Crippen MR) is 93.4 cm³/mol. The van der Waals surface area contributed by atoms with E-state index in [4.69, 9.17) is 9.82 Å². The normalized spacial score (nSPS) is 21.2. The van der Waals surface area contributed by atoms with E-state index in [-0.39, 0.29) is 6.10 Å². The molecule has 3 heterocycles. The van der Waals surface area contributed by atoms with Crippen LogP contribution in [0.4, 0.5) is 5.13 Å². The summed E-state index contributed by atoms with van der Waals surface area (Å²) in [5.41, 5.74) is 4.37. The van der Waals surface area contributed by atoms with Crippen LogP contribution in [-0.2, 0) is 4.84 Å². The summed E-state index contributed by atoms with van der Waals surface area (Å²) in [6, 6.07) is 8.33. The minimum atomic E-state index is 0.00976. The Morgan fingerprint density at radius 1 is 1.26 bits per heavy atom. The van der Waals surface area contributed by atoms with Gasteiger partial charge in [-0.05, 0) is 18.1 Å². The van der Waals surface area contributed by atoms with E-state index in [1.54, 1.807) is 11.3 Å². The molecule has 120 valence electrons. The molecule has 0 saturated carbocycles. The predicted octanol–water partition coefficient (Wildman–Crippen LogP) is 2.73. The number of piperazine rings is 1. The van der Waals surface area contributed by atoms with Crippen molar-refractivity contribution < 1.29 is 4.84 Å². The summed E-state index contributed by atoms with van der Waals surface area (Å²) in [7, 11) is 0. The molecule has 2 aliphatic rings. The number of thiazole rings is 1. The number of aryl methyl sites for hydroxylation is 1. The third-order valence-corrected chi connectivity index (χ3v) is 5.28. The Labute approximate surface area is 140 Å². The molecule has 1 saturated heterocycles. The number of hydrogen-bond acceptors (Lipinski definition) is 6. The van der Waals surface area contributed by atoms with Crippen molar-refractivity contribution in [2.45, 2.75) is 19.4 Å². The second-order valence-electron chi connectivity index (χ2n) is 5.95. The molecule has 1 fully saturated rings. The van der Waals surface area contributed by atoms with Crippen molar-refractivity contribution in [3.8, 4) is 0 Å². The van der Waals surface area contributed by atoms with Gasteiger partial charge < -0.3 is 15.1 Å². The SMILES string of the molecule is Cc1ccccc1C1CC(c2csc(N3CCNCC3)n2)=NO1. The maximum Gasteiger partial charge on any atom is 0.185 e. The fourth-order valence-corrected chi connectivity index (χ4v) is 3.93. The highest BCUT2D eigenvalue weighted by Crippen LogP contribution is 2.32. The number of rotatable bonds is 3. The average molecular weight is 328 g/mol. The van der Waals surface area contributed by atoms with E-state index >= 15 is 0 Å². The molecule has 5 nitrogen and oxygen atoms in total. The average Bonchev–Trinajstić information content (AvgIpc) is 3.25. The van der Waals surface area contributed by atoms with Crippen LogP contribution in [0.15, 0.2) is 34.8 Å². The molecular formula is C17H20N4OS. The summed E-state index contributed by atoms with van der Waals surface area (Å²) in [5, 5.41) is 10.8. The van der Waals surface area contributed by atoms with Crippen LogP contribution in [-0.4, -0.2) is 36.9 Å². The van der Waals surface area contributed by atoms with Crippen molar-refractivity contribution in [1.29, 1.82) is 0 Å². The van der Waals surface area contributed by atoms with Crippen LogP contribution in [0, 0.1) is 6.92 Å². The first-order valence-corrected chi connectivity index (χ1v) is 8.89. The number of nitrogens with zero attached hydrogens (tertiary/aromatic N) is 3. The van der Waals surface area contributed by atoms with Crippen molar-refractivity contribution in [3.05, 3.63) is 46.5 Å². The van der Waals surface area contributed by atoms with Gasteiger partial charge in [-0.15, -0.1) is 11.3 Å². The molecule has 0 bridgehead atoms. The van der Waals surface area contributed by atoms with Crippen LogP contribution >= 0.6 is 11.3 Å². The van der Waals surface area contributed by atoms with Crippen LogP contribution < -0.4 is 10.2 Å². The van der Waals surface area contributed by atoms with Crippen LogP contribution in [0.1, 0.15) is 29.3 Å². The monoisotopic (exact) mass is 328 g/mol. The summed E-state index contributed by atoms with van der Waals surface area (Å²) in [5.74, 6) is 0. The molecule has 0 spiro atoms. The van der Waals surface area contributed by atoms with Gasteiger partial charge in [0.2, 0.25) is 0 Å². The third kappa shape index (κ3) is 2.96. The Bertz CT molecular complexity index is 721. The highest BCUT2D eigenvalue weighted by atomic mass is 32.1. The minimum Gasteiger partial charge on any atom is -0.387 e. The van der Waals surface area contributed by atoms with Gasteiger partial charge in [0.1, 0.15) is 11.4 Å². The van der Waals surface area contributed by atoms with E-state index in [1.807, 2.05) is 0 Å². The number of aromatic nitrogens is 1. The first-order valence-electron chi connectivity index (χ1n) is 8.01.